The Morgan fingerprint density at radius 2 is 0.636 bits per heavy atom. The van der Waals surface area contributed by atoms with E-state index < -0.39 is 0 Å². The first-order valence-corrected chi connectivity index (χ1v) is 10.6. The van der Waals surface area contributed by atoms with Crippen LogP contribution in [-0.2, 0) is 0 Å². The van der Waals surface area contributed by atoms with Gasteiger partial charge in [-0.15, -0.1) is 0 Å². The minimum atomic E-state index is 1.31. The largest absolute Gasteiger partial charge is 0.0885 e. The summed E-state index contributed by atoms with van der Waals surface area (Å²) in [6.45, 7) is 4.58. The molecule has 0 N–H and O–H groups in total. The first-order chi connectivity index (χ1) is 10.9. The van der Waals surface area contributed by atoms with E-state index in [1.54, 1.807) is 0 Å². The first kappa shape index (κ1) is 21.7. The Labute approximate surface area is 142 Å². The topological polar surface area (TPSA) is 0 Å². The molecule has 0 heteroatoms. The summed E-state index contributed by atoms with van der Waals surface area (Å²) >= 11 is 0. The smallest absolute Gasteiger partial charge is 0.0351 e. The highest BCUT2D eigenvalue weighted by Gasteiger charge is 1.92. The molecule has 0 aromatic heterocycles. The number of hydrogen-bond acceptors (Lipinski definition) is 0. The van der Waals surface area contributed by atoms with Crippen molar-refractivity contribution in [3.05, 3.63) is 12.2 Å². The second kappa shape index (κ2) is 20.7. The molecule has 0 rings (SSSR count). The van der Waals surface area contributed by atoms with Gasteiger partial charge in [0, 0.05) is 0 Å². The van der Waals surface area contributed by atoms with Gasteiger partial charge in [0.25, 0.3) is 0 Å². The van der Waals surface area contributed by atoms with E-state index in [1.807, 2.05) is 0 Å². The van der Waals surface area contributed by atoms with Crippen LogP contribution in [0.5, 0.6) is 0 Å². The standard InChI is InChI=1S/C22H44/c1-3-5-7-9-11-13-15-17-19-21-22-20-18-16-14-12-10-8-6-4-2/h17,19H,3-16,18,20-22H2,1-2H3. The van der Waals surface area contributed by atoms with E-state index in [4.69, 9.17) is 0 Å². The van der Waals surface area contributed by atoms with Crippen LogP contribution in [0, 0.1) is 0 Å². The number of hydrogen-bond donors (Lipinski definition) is 0. The van der Waals surface area contributed by atoms with Crippen LogP contribution in [0.15, 0.2) is 12.2 Å². The first-order valence-electron chi connectivity index (χ1n) is 10.6. The van der Waals surface area contributed by atoms with Crippen molar-refractivity contribution in [1.82, 2.24) is 0 Å². The summed E-state index contributed by atoms with van der Waals surface area (Å²) in [5.41, 5.74) is 0. The van der Waals surface area contributed by atoms with Crippen LogP contribution in [0.3, 0.4) is 0 Å². The van der Waals surface area contributed by atoms with Crippen molar-refractivity contribution in [2.75, 3.05) is 0 Å². The van der Waals surface area contributed by atoms with Crippen LogP contribution in [0.1, 0.15) is 129 Å². The molecular weight excluding hydrogens is 264 g/mol. The van der Waals surface area contributed by atoms with Crippen LogP contribution in [-0.4, -0.2) is 0 Å². The Kier molecular flexibility index (Phi) is 20.5. The van der Waals surface area contributed by atoms with Crippen molar-refractivity contribution >= 4 is 0 Å². The zero-order chi connectivity index (χ0) is 16.1. The average Bonchev–Trinajstić information content (AvgIpc) is 2.54. The van der Waals surface area contributed by atoms with E-state index >= 15 is 0 Å². The molecule has 0 saturated carbocycles. The lowest BCUT2D eigenvalue weighted by Crippen LogP contribution is -1.81. The number of unbranched alkanes of at least 4 members (excludes halogenated alkanes) is 16. The predicted octanol–water partition coefficient (Wildman–Crippen LogP) is 8.60. The molecule has 0 spiro atoms. The van der Waals surface area contributed by atoms with Crippen LogP contribution in [0.25, 0.3) is 0 Å². The lowest BCUT2D eigenvalue weighted by atomic mass is 10.1. The minimum absolute atomic E-state index is 1.31. The molecule has 0 aromatic carbocycles. The van der Waals surface area contributed by atoms with Crippen LogP contribution in [0.2, 0.25) is 0 Å². The van der Waals surface area contributed by atoms with Gasteiger partial charge in [0.05, 0.1) is 0 Å². The van der Waals surface area contributed by atoms with E-state index in [1.165, 1.54) is 116 Å². The summed E-state index contributed by atoms with van der Waals surface area (Å²) < 4.78 is 0. The second-order valence-electron chi connectivity index (χ2n) is 7.00. The summed E-state index contributed by atoms with van der Waals surface area (Å²) in [5, 5.41) is 0. The van der Waals surface area contributed by atoms with Gasteiger partial charge < -0.3 is 0 Å². The van der Waals surface area contributed by atoms with E-state index in [9.17, 15) is 0 Å². The Bertz CT molecular complexity index is 204. The second-order valence-corrected chi connectivity index (χ2v) is 7.00. The maximum atomic E-state index is 2.43. The molecule has 0 atom stereocenters. The molecule has 0 unspecified atom stereocenters. The summed E-state index contributed by atoms with van der Waals surface area (Å²) in [6, 6.07) is 0. The minimum Gasteiger partial charge on any atom is -0.0885 e. The maximum Gasteiger partial charge on any atom is -0.0351 e. The molecule has 0 aliphatic rings. The van der Waals surface area contributed by atoms with Crippen LogP contribution >= 0.6 is 0 Å². The fourth-order valence-electron chi connectivity index (χ4n) is 3.03. The summed E-state index contributed by atoms with van der Waals surface area (Å²) in [4.78, 5) is 0. The molecule has 0 fully saturated rings. The number of allylic oxidation sites excluding steroid dienone is 2. The van der Waals surface area contributed by atoms with Gasteiger partial charge >= 0.3 is 0 Å². The zero-order valence-corrected chi connectivity index (χ0v) is 15.9. The SMILES string of the molecule is CCCCCCCCC=CCCCCCCCCCCCC. The molecule has 0 aliphatic carbocycles. The Morgan fingerprint density at radius 3 is 0.955 bits per heavy atom. The van der Waals surface area contributed by atoms with E-state index in [-0.39, 0.29) is 0 Å². The molecule has 0 aromatic rings. The van der Waals surface area contributed by atoms with E-state index in [0.29, 0.717) is 0 Å². The maximum absolute atomic E-state index is 2.43. The lowest BCUT2D eigenvalue weighted by Gasteiger charge is -2.01. The fourth-order valence-corrected chi connectivity index (χ4v) is 3.03. The van der Waals surface area contributed by atoms with Crippen molar-refractivity contribution in [1.29, 1.82) is 0 Å². The predicted molar refractivity (Wildman–Crippen MR) is 104 cm³/mol. The summed E-state index contributed by atoms with van der Waals surface area (Å²) in [5.74, 6) is 0. The highest BCUT2D eigenvalue weighted by Crippen LogP contribution is 2.12. The number of rotatable bonds is 18. The molecular formula is C22H44. The third-order valence-electron chi connectivity index (χ3n) is 4.62. The monoisotopic (exact) mass is 308 g/mol. The zero-order valence-electron chi connectivity index (χ0n) is 15.9. The Morgan fingerprint density at radius 1 is 0.364 bits per heavy atom. The van der Waals surface area contributed by atoms with Gasteiger partial charge in [-0.25, -0.2) is 0 Å². The van der Waals surface area contributed by atoms with Gasteiger partial charge in [0.2, 0.25) is 0 Å². The Hall–Kier alpha value is -0.260. The lowest BCUT2D eigenvalue weighted by molar-refractivity contribution is 0.557. The molecule has 0 saturated heterocycles. The van der Waals surface area contributed by atoms with Crippen molar-refractivity contribution in [2.45, 2.75) is 129 Å². The molecule has 0 bridgehead atoms. The Balaban J connectivity index is 3.02. The highest BCUT2D eigenvalue weighted by atomic mass is 14.0. The van der Waals surface area contributed by atoms with Crippen LogP contribution < -0.4 is 0 Å². The fraction of sp³-hybridized carbons (Fsp3) is 0.909. The van der Waals surface area contributed by atoms with Crippen LogP contribution in [0.4, 0.5) is 0 Å². The molecule has 0 heterocycles. The third kappa shape index (κ3) is 19.7. The van der Waals surface area contributed by atoms with Crippen molar-refractivity contribution in [3.8, 4) is 0 Å². The van der Waals surface area contributed by atoms with E-state index in [2.05, 4.69) is 26.0 Å². The van der Waals surface area contributed by atoms with Gasteiger partial charge in [-0.05, 0) is 25.7 Å². The molecule has 0 radical (unpaired) electrons. The van der Waals surface area contributed by atoms with Gasteiger partial charge in [-0.2, -0.15) is 0 Å². The van der Waals surface area contributed by atoms with Gasteiger partial charge in [0.1, 0.15) is 0 Å². The van der Waals surface area contributed by atoms with Gasteiger partial charge in [-0.3, -0.25) is 0 Å². The van der Waals surface area contributed by atoms with Crippen molar-refractivity contribution in [2.24, 2.45) is 0 Å². The molecule has 0 aliphatic heterocycles. The molecule has 22 heavy (non-hydrogen) atoms. The normalized spacial score (nSPS) is 11.5. The van der Waals surface area contributed by atoms with Crippen molar-refractivity contribution < 1.29 is 0 Å². The van der Waals surface area contributed by atoms with E-state index in [0.717, 1.165) is 0 Å². The third-order valence-corrected chi connectivity index (χ3v) is 4.62. The summed E-state index contributed by atoms with van der Waals surface area (Å²) in [6.07, 6.45) is 30.4. The molecule has 0 nitrogen and oxygen atoms in total. The quantitative estimate of drug-likeness (QED) is 0.176. The van der Waals surface area contributed by atoms with Gasteiger partial charge in [-0.1, -0.05) is 116 Å². The van der Waals surface area contributed by atoms with Crippen molar-refractivity contribution in [3.63, 3.8) is 0 Å². The molecule has 132 valence electrons. The average molecular weight is 309 g/mol. The van der Waals surface area contributed by atoms with Gasteiger partial charge in [0.15, 0.2) is 0 Å². The highest BCUT2D eigenvalue weighted by molar-refractivity contribution is 4.81. The molecule has 0 amide bonds. The summed E-state index contributed by atoms with van der Waals surface area (Å²) in [7, 11) is 0.